The number of piperidine rings is 1. The van der Waals surface area contributed by atoms with Crippen molar-refractivity contribution in [3.8, 4) is 0 Å². The Morgan fingerprint density at radius 1 is 1.33 bits per heavy atom. The van der Waals surface area contributed by atoms with Crippen molar-refractivity contribution in [1.29, 1.82) is 0 Å². The van der Waals surface area contributed by atoms with E-state index in [1.807, 2.05) is 0 Å². The maximum atomic E-state index is 12.7. The smallest absolute Gasteiger partial charge is 0.396 e. The number of hydrogen-bond acceptors (Lipinski definition) is 2. The highest BCUT2D eigenvalue weighted by molar-refractivity contribution is 9.10. The quantitative estimate of drug-likeness (QED) is 0.873. The molecule has 21 heavy (non-hydrogen) atoms. The Labute approximate surface area is 128 Å². The van der Waals surface area contributed by atoms with Gasteiger partial charge >= 0.3 is 6.18 Å². The molecule has 0 aromatic heterocycles. The van der Waals surface area contributed by atoms with Gasteiger partial charge in [0.1, 0.15) is 0 Å². The van der Waals surface area contributed by atoms with Crippen LogP contribution in [0.2, 0.25) is 0 Å². The lowest BCUT2D eigenvalue weighted by Crippen LogP contribution is -2.39. The molecule has 7 heteroatoms. The highest BCUT2D eigenvalue weighted by atomic mass is 79.9. The summed E-state index contributed by atoms with van der Waals surface area (Å²) in [6, 6.07) is 3.07. The van der Waals surface area contributed by atoms with Gasteiger partial charge in [0.2, 0.25) is 0 Å². The first kappa shape index (κ1) is 16.3. The number of carbonyl (C=O) groups is 1. The second-order valence-electron chi connectivity index (χ2n) is 5.11. The molecule has 3 nitrogen and oxygen atoms in total. The molecule has 1 aliphatic rings. The molecule has 0 atom stereocenters. The van der Waals surface area contributed by atoms with Crippen LogP contribution < -0.4 is 0 Å². The summed E-state index contributed by atoms with van der Waals surface area (Å²) in [6.07, 6.45) is -3.14. The van der Waals surface area contributed by atoms with Gasteiger partial charge in [0.05, 0.1) is 11.1 Å². The number of aliphatic hydroxyl groups is 1. The summed E-state index contributed by atoms with van der Waals surface area (Å²) in [5, 5.41) is 9.07. The van der Waals surface area contributed by atoms with E-state index in [9.17, 15) is 18.0 Å². The molecule has 0 unspecified atom stereocenters. The molecule has 0 spiro atoms. The molecular weight excluding hydrogens is 351 g/mol. The Morgan fingerprint density at radius 2 is 1.95 bits per heavy atom. The van der Waals surface area contributed by atoms with Crippen molar-refractivity contribution < 1.29 is 23.1 Å². The first-order valence-electron chi connectivity index (χ1n) is 6.60. The molecule has 0 bridgehead atoms. The molecular formula is C14H15BrF3NO2. The number of rotatable bonds is 2. The van der Waals surface area contributed by atoms with Crippen LogP contribution >= 0.6 is 15.9 Å². The van der Waals surface area contributed by atoms with Gasteiger partial charge in [-0.25, -0.2) is 0 Å². The molecule has 1 aromatic rings. The van der Waals surface area contributed by atoms with Crippen LogP contribution in [0, 0.1) is 5.92 Å². The van der Waals surface area contributed by atoms with Crippen LogP contribution in [0.5, 0.6) is 0 Å². The maximum absolute atomic E-state index is 12.7. The molecule has 0 aliphatic carbocycles. The molecule has 2 rings (SSSR count). The van der Waals surface area contributed by atoms with Crippen LogP contribution in [-0.4, -0.2) is 35.6 Å². The second kappa shape index (κ2) is 6.36. The lowest BCUT2D eigenvalue weighted by molar-refractivity contribution is -0.137. The Kier molecular flexibility index (Phi) is 4.93. The zero-order valence-corrected chi connectivity index (χ0v) is 12.7. The number of likely N-dealkylation sites (tertiary alicyclic amines) is 1. The summed E-state index contributed by atoms with van der Waals surface area (Å²) >= 11 is 3.14. The summed E-state index contributed by atoms with van der Waals surface area (Å²) in [5.41, 5.74) is -0.813. The topological polar surface area (TPSA) is 40.5 Å². The maximum Gasteiger partial charge on any atom is 0.416 e. The number of hydrogen-bond donors (Lipinski definition) is 1. The fourth-order valence-electron chi connectivity index (χ4n) is 2.35. The Bertz CT molecular complexity index is 525. The highest BCUT2D eigenvalue weighted by Gasteiger charge is 2.32. The van der Waals surface area contributed by atoms with Gasteiger partial charge in [0.25, 0.3) is 5.91 Å². The number of amides is 1. The number of alkyl halides is 3. The van der Waals surface area contributed by atoms with Crippen molar-refractivity contribution in [2.24, 2.45) is 5.92 Å². The molecule has 0 saturated carbocycles. The monoisotopic (exact) mass is 365 g/mol. The van der Waals surface area contributed by atoms with Crippen LogP contribution in [0.15, 0.2) is 22.7 Å². The fraction of sp³-hybridized carbons (Fsp3) is 0.500. The van der Waals surface area contributed by atoms with Crippen molar-refractivity contribution in [3.63, 3.8) is 0 Å². The van der Waals surface area contributed by atoms with E-state index >= 15 is 0 Å². The summed E-state index contributed by atoms with van der Waals surface area (Å²) in [5.74, 6) is -0.247. The average Bonchev–Trinajstić information content (AvgIpc) is 2.46. The molecule has 1 aliphatic heterocycles. The zero-order chi connectivity index (χ0) is 15.6. The highest BCUT2D eigenvalue weighted by Crippen LogP contribution is 2.32. The minimum Gasteiger partial charge on any atom is -0.396 e. The van der Waals surface area contributed by atoms with Crippen molar-refractivity contribution >= 4 is 21.8 Å². The van der Waals surface area contributed by atoms with Gasteiger partial charge in [-0.05, 0) is 52.9 Å². The lowest BCUT2D eigenvalue weighted by Gasteiger charge is -2.31. The largest absolute Gasteiger partial charge is 0.416 e. The molecule has 1 fully saturated rings. The fourth-order valence-corrected chi connectivity index (χ4v) is 2.77. The van der Waals surface area contributed by atoms with Crippen molar-refractivity contribution in [2.45, 2.75) is 19.0 Å². The number of halogens is 4. The molecule has 1 saturated heterocycles. The van der Waals surface area contributed by atoms with Gasteiger partial charge in [-0.2, -0.15) is 13.2 Å². The Morgan fingerprint density at radius 3 is 2.48 bits per heavy atom. The average molecular weight is 366 g/mol. The molecule has 1 heterocycles. The zero-order valence-electron chi connectivity index (χ0n) is 11.2. The first-order chi connectivity index (χ1) is 9.82. The predicted octanol–water partition coefficient (Wildman–Crippen LogP) is 3.31. The van der Waals surface area contributed by atoms with Crippen molar-refractivity contribution in [2.75, 3.05) is 19.7 Å². The number of aliphatic hydroxyl groups excluding tert-OH is 1. The van der Waals surface area contributed by atoms with E-state index in [-0.39, 0.29) is 18.1 Å². The van der Waals surface area contributed by atoms with Gasteiger partial charge in [-0.3, -0.25) is 4.79 Å². The van der Waals surface area contributed by atoms with Crippen molar-refractivity contribution in [3.05, 3.63) is 33.8 Å². The number of benzene rings is 1. The normalized spacial score (nSPS) is 17.1. The van der Waals surface area contributed by atoms with Crippen LogP contribution in [0.25, 0.3) is 0 Å². The Hall–Kier alpha value is -1.08. The third kappa shape index (κ3) is 3.77. The predicted molar refractivity (Wildman–Crippen MR) is 74.9 cm³/mol. The standard InChI is InChI=1S/C14H15BrF3NO2/c15-12-2-1-10(14(16,17)18)7-11(12)13(21)19-5-3-9(8-20)4-6-19/h1-2,7,9,20H,3-6,8H2. The minimum atomic E-state index is -4.47. The lowest BCUT2D eigenvalue weighted by atomic mass is 9.97. The van der Waals surface area contributed by atoms with E-state index in [0.29, 0.717) is 30.4 Å². The van der Waals surface area contributed by atoms with Crippen LogP contribution in [0.3, 0.4) is 0 Å². The molecule has 1 amide bonds. The summed E-state index contributed by atoms with van der Waals surface area (Å²) in [6.45, 7) is 0.981. The van der Waals surface area contributed by atoms with Crippen LogP contribution in [0.1, 0.15) is 28.8 Å². The van der Waals surface area contributed by atoms with Gasteiger partial charge < -0.3 is 10.0 Å². The van der Waals surface area contributed by atoms with Gasteiger partial charge in [-0.1, -0.05) is 0 Å². The summed E-state index contributed by atoms with van der Waals surface area (Å²) < 4.78 is 38.6. The van der Waals surface area contributed by atoms with Gasteiger partial charge in [0, 0.05) is 24.2 Å². The van der Waals surface area contributed by atoms with Gasteiger partial charge in [-0.15, -0.1) is 0 Å². The van der Waals surface area contributed by atoms with E-state index in [4.69, 9.17) is 5.11 Å². The van der Waals surface area contributed by atoms with Crippen LogP contribution in [0.4, 0.5) is 13.2 Å². The van der Waals surface area contributed by atoms with E-state index in [2.05, 4.69) is 15.9 Å². The second-order valence-corrected chi connectivity index (χ2v) is 5.96. The molecule has 116 valence electrons. The number of nitrogens with zero attached hydrogens (tertiary/aromatic N) is 1. The van der Waals surface area contributed by atoms with E-state index in [0.717, 1.165) is 12.1 Å². The third-order valence-corrected chi connectivity index (χ3v) is 4.38. The van der Waals surface area contributed by atoms with E-state index < -0.39 is 17.6 Å². The molecule has 1 aromatic carbocycles. The van der Waals surface area contributed by atoms with E-state index in [1.165, 1.54) is 11.0 Å². The first-order valence-corrected chi connectivity index (χ1v) is 7.39. The third-order valence-electron chi connectivity index (χ3n) is 3.68. The SMILES string of the molecule is O=C(c1cc(C(F)(F)F)ccc1Br)N1CCC(CO)CC1. The molecule has 0 radical (unpaired) electrons. The van der Waals surface area contributed by atoms with Crippen molar-refractivity contribution in [1.82, 2.24) is 4.90 Å². The minimum absolute atomic E-state index is 0.0206. The Balaban J connectivity index is 2.19. The van der Waals surface area contributed by atoms with Crippen LogP contribution in [-0.2, 0) is 6.18 Å². The summed E-state index contributed by atoms with van der Waals surface area (Å²) in [4.78, 5) is 13.9. The molecule has 1 N–H and O–H groups in total. The summed E-state index contributed by atoms with van der Waals surface area (Å²) in [7, 11) is 0. The van der Waals surface area contributed by atoms with E-state index in [1.54, 1.807) is 0 Å². The van der Waals surface area contributed by atoms with Gasteiger partial charge in [0.15, 0.2) is 0 Å². The number of carbonyl (C=O) groups excluding carboxylic acids is 1.